The largest absolute Gasteiger partial charge is 0.481 e. The highest BCUT2D eigenvalue weighted by Crippen LogP contribution is 2.10. The molecule has 0 amide bonds. The van der Waals surface area contributed by atoms with Gasteiger partial charge in [0.1, 0.15) is 6.42 Å². The van der Waals surface area contributed by atoms with Gasteiger partial charge in [0.25, 0.3) is 5.78 Å². The van der Waals surface area contributed by atoms with Gasteiger partial charge in [-0.3, -0.25) is 9.59 Å². The van der Waals surface area contributed by atoms with Crippen molar-refractivity contribution in [1.29, 1.82) is 0 Å². The first kappa shape index (κ1) is 14.4. The van der Waals surface area contributed by atoms with E-state index in [1.165, 1.54) is 0 Å². The predicted molar refractivity (Wildman–Crippen MR) is 60.2 cm³/mol. The number of carboxylic acid groups (broad SMARTS) is 2. The molecule has 0 aliphatic carbocycles. The van der Waals surface area contributed by atoms with Crippen LogP contribution in [0.1, 0.15) is 6.42 Å². The number of rotatable bonds is 3. The second-order valence-electron chi connectivity index (χ2n) is 2.93. The highest BCUT2D eigenvalue weighted by atomic mass is 16.4. The number of para-hydroxylation sites is 2. The van der Waals surface area contributed by atoms with Crippen LogP contribution in [0.3, 0.4) is 0 Å². The molecule has 0 radical (unpaired) electrons. The molecule has 0 bridgehead atoms. The highest BCUT2D eigenvalue weighted by molar-refractivity contribution is 6.35. The smallest absolute Gasteiger partial charge is 0.372 e. The molecular formula is C10H12N2O5. The minimum atomic E-state index is -1.71. The summed E-state index contributed by atoms with van der Waals surface area (Å²) in [5.41, 5.74) is 12.1. The normalized spacial score (nSPS) is 8.71. The van der Waals surface area contributed by atoms with Crippen LogP contribution in [0.25, 0.3) is 0 Å². The Hall–Kier alpha value is -2.57. The molecule has 0 heterocycles. The van der Waals surface area contributed by atoms with Crippen LogP contribution in [0.2, 0.25) is 0 Å². The van der Waals surface area contributed by atoms with Crippen molar-refractivity contribution >= 4 is 29.1 Å². The molecule has 0 atom stereocenters. The maximum atomic E-state index is 9.97. The van der Waals surface area contributed by atoms with Gasteiger partial charge in [0, 0.05) is 0 Å². The van der Waals surface area contributed by atoms with E-state index >= 15 is 0 Å². The third-order valence-electron chi connectivity index (χ3n) is 1.55. The summed E-state index contributed by atoms with van der Waals surface area (Å²) in [6.45, 7) is 0. The monoisotopic (exact) mass is 240 g/mol. The average Bonchev–Trinajstić information content (AvgIpc) is 2.22. The predicted octanol–water partition coefficient (Wildman–Crippen LogP) is -0.0342. The summed E-state index contributed by atoms with van der Waals surface area (Å²) in [5.74, 6) is -4.44. The van der Waals surface area contributed by atoms with Crippen molar-refractivity contribution in [3.63, 3.8) is 0 Å². The molecule has 17 heavy (non-hydrogen) atoms. The number of hydrogen-bond acceptors (Lipinski definition) is 5. The number of hydrogen-bond donors (Lipinski definition) is 4. The summed E-state index contributed by atoms with van der Waals surface area (Å²) in [4.78, 5) is 29.2. The molecule has 1 rings (SSSR count). The number of anilines is 2. The van der Waals surface area contributed by atoms with Gasteiger partial charge < -0.3 is 21.7 Å². The number of Topliss-reactive ketones (excluding diaryl/α,β-unsaturated/α-hetero) is 1. The van der Waals surface area contributed by atoms with E-state index in [2.05, 4.69) is 0 Å². The van der Waals surface area contributed by atoms with E-state index in [0.717, 1.165) is 0 Å². The number of benzene rings is 1. The van der Waals surface area contributed by atoms with Gasteiger partial charge in [-0.25, -0.2) is 4.79 Å². The average molecular weight is 240 g/mol. The third-order valence-corrected chi connectivity index (χ3v) is 1.55. The van der Waals surface area contributed by atoms with Crippen molar-refractivity contribution in [2.24, 2.45) is 0 Å². The van der Waals surface area contributed by atoms with Crippen LogP contribution in [-0.2, 0) is 14.4 Å². The molecule has 6 N–H and O–H groups in total. The second kappa shape index (κ2) is 6.83. The first-order valence-electron chi connectivity index (χ1n) is 4.42. The number of carbonyl (C=O) groups excluding carboxylic acids is 1. The molecular weight excluding hydrogens is 228 g/mol. The molecule has 7 heteroatoms. The Morgan fingerprint density at radius 3 is 1.59 bits per heavy atom. The van der Waals surface area contributed by atoms with E-state index in [-0.39, 0.29) is 0 Å². The van der Waals surface area contributed by atoms with Crippen molar-refractivity contribution < 1.29 is 24.6 Å². The molecule has 0 unspecified atom stereocenters. The summed E-state index contributed by atoms with van der Waals surface area (Å²) in [6, 6.07) is 7.25. The van der Waals surface area contributed by atoms with Crippen molar-refractivity contribution in [2.75, 3.05) is 11.5 Å². The van der Waals surface area contributed by atoms with Crippen LogP contribution in [0.4, 0.5) is 11.4 Å². The van der Waals surface area contributed by atoms with Crippen molar-refractivity contribution in [2.45, 2.75) is 6.42 Å². The quantitative estimate of drug-likeness (QED) is 0.329. The third kappa shape index (κ3) is 6.50. The van der Waals surface area contributed by atoms with Gasteiger partial charge in [0.05, 0.1) is 11.4 Å². The summed E-state index contributed by atoms with van der Waals surface area (Å²) >= 11 is 0. The molecule has 92 valence electrons. The molecule has 0 aromatic heterocycles. The topological polar surface area (TPSA) is 144 Å². The van der Waals surface area contributed by atoms with Crippen LogP contribution in [0.5, 0.6) is 0 Å². The molecule has 0 aliphatic heterocycles. The standard InChI is InChI=1S/C6H8N2.C4H4O5/c7-5-3-1-2-4-6(5)8;5-2(4(8)9)1-3(6)7/h1-4H,7-8H2;1H2,(H,6,7)(H,8,9). The van der Waals surface area contributed by atoms with Gasteiger partial charge in [-0.2, -0.15) is 0 Å². The molecule has 7 nitrogen and oxygen atoms in total. The summed E-state index contributed by atoms with van der Waals surface area (Å²) in [5, 5.41) is 15.7. The lowest BCUT2D eigenvalue weighted by atomic mass is 10.3. The lowest BCUT2D eigenvalue weighted by Crippen LogP contribution is -2.16. The first-order valence-corrected chi connectivity index (χ1v) is 4.42. The minimum absolute atomic E-state index is 0.646. The van der Waals surface area contributed by atoms with E-state index in [0.29, 0.717) is 11.4 Å². The Kier molecular flexibility index (Phi) is 5.80. The van der Waals surface area contributed by atoms with E-state index in [1.807, 2.05) is 12.1 Å². The lowest BCUT2D eigenvalue weighted by Gasteiger charge is -1.94. The number of carboxylic acids is 2. The Bertz CT molecular complexity index is 409. The van der Waals surface area contributed by atoms with Crippen LogP contribution in [-0.4, -0.2) is 27.9 Å². The fourth-order valence-corrected chi connectivity index (χ4v) is 0.724. The molecule has 0 saturated heterocycles. The van der Waals surface area contributed by atoms with Gasteiger partial charge in [0.2, 0.25) is 0 Å². The number of carbonyl (C=O) groups is 3. The number of nitrogens with two attached hydrogens (primary N) is 2. The maximum Gasteiger partial charge on any atom is 0.372 e. The SMILES string of the molecule is Nc1ccccc1N.O=C(O)CC(=O)C(=O)O. The lowest BCUT2D eigenvalue weighted by molar-refractivity contribution is -0.152. The molecule has 0 spiro atoms. The van der Waals surface area contributed by atoms with Crippen LogP contribution in [0.15, 0.2) is 24.3 Å². The van der Waals surface area contributed by atoms with Crippen molar-refractivity contribution in [3.8, 4) is 0 Å². The Morgan fingerprint density at radius 2 is 1.41 bits per heavy atom. The Balaban J connectivity index is 0.000000302. The van der Waals surface area contributed by atoms with Gasteiger partial charge >= 0.3 is 11.9 Å². The zero-order valence-electron chi connectivity index (χ0n) is 8.79. The van der Waals surface area contributed by atoms with Gasteiger partial charge in [0.15, 0.2) is 0 Å². The van der Waals surface area contributed by atoms with Gasteiger partial charge in [-0.15, -0.1) is 0 Å². The van der Waals surface area contributed by atoms with Crippen molar-refractivity contribution in [1.82, 2.24) is 0 Å². The first-order chi connectivity index (χ1) is 7.84. The zero-order chi connectivity index (χ0) is 13.4. The highest BCUT2D eigenvalue weighted by Gasteiger charge is 2.14. The maximum absolute atomic E-state index is 9.97. The fraction of sp³-hybridized carbons (Fsp3) is 0.100. The molecule has 0 saturated carbocycles. The van der Waals surface area contributed by atoms with E-state index < -0.39 is 24.1 Å². The second-order valence-corrected chi connectivity index (χ2v) is 2.93. The van der Waals surface area contributed by atoms with E-state index in [4.69, 9.17) is 21.7 Å². The van der Waals surface area contributed by atoms with E-state index in [9.17, 15) is 14.4 Å². The Morgan fingerprint density at radius 1 is 1.00 bits per heavy atom. The van der Waals surface area contributed by atoms with Crippen LogP contribution in [0, 0.1) is 0 Å². The zero-order valence-corrected chi connectivity index (χ0v) is 8.79. The number of nitrogen functional groups attached to an aromatic ring is 2. The molecule has 1 aromatic carbocycles. The molecule has 0 aliphatic rings. The molecule has 1 aromatic rings. The van der Waals surface area contributed by atoms with E-state index in [1.54, 1.807) is 12.1 Å². The van der Waals surface area contributed by atoms with Crippen LogP contribution < -0.4 is 11.5 Å². The van der Waals surface area contributed by atoms with Gasteiger partial charge in [-0.1, -0.05) is 12.1 Å². The number of aliphatic carboxylic acids is 2. The summed E-state index contributed by atoms with van der Waals surface area (Å²) < 4.78 is 0. The van der Waals surface area contributed by atoms with Gasteiger partial charge in [-0.05, 0) is 12.1 Å². The van der Waals surface area contributed by atoms with Crippen molar-refractivity contribution in [3.05, 3.63) is 24.3 Å². The summed E-state index contributed by atoms with van der Waals surface area (Å²) in [6.07, 6.45) is -0.949. The summed E-state index contributed by atoms with van der Waals surface area (Å²) in [7, 11) is 0. The molecule has 0 fully saturated rings. The number of ketones is 1. The van der Waals surface area contributed by atoms with Crippen LogP contribution >= 0.6 is 0 Å². The fourth-order valence-electron chi connectivity index (χ4n) is 0.724. The minimum Gasteiger partial charge on any atom is -0.481 e. The Labute approximate surface area is 96.6 Å².